The van der Waals surface area contributed by atoms with Crippen molar-refractivity contribution in [2.75, 3.05) is 6.26 Å². The molecule has 0 atom stereocenters. The maximum atomic E-state index is 11.6. The first-order valence-electron chi connectivity index (χ1n) is 7.07. The molecule has 0 aliphatic rings. The molecule has 3 rings (SSSR count). The molecule has 0 bridgehead atoms. The zero-order valence-electron chi connectivity index (χ0n) is 13.0. The Balaban J connectivity index is 2.12. The molecule has 2 aromatic carbocycles. The average Bonchev–Trinajstić information content (AvgIpc) is 2.91. The van der Waals surface area contributed by atoms with Crippen molar-refractivity contribution in [1.82, 2.24) is 9.55 Å². The summed E-state index contributed by atoms with van der Waals surface area (Å²) < 4.78 is 25.0. The minimum absolute atomic E-state index is 0.261. The molecule has 0 saturated heterocycles. The van der Waals surface area contributed by atoms with E-state index in [0.29, 0.717) is 15.9 Å². The van der Waals surface area contributed by atoms with E-state index in [4.69, 9.17) is 23.2 Å². The summed E-state index contributed by atoms with van der Waals surface area (Å²) in [7, 11) is -3.24. The van der Waals surface area contributed by atoms with Gasteiger partial charge in [0, 0.05) is 22.5 Å². The van der Waals surface area contributed by atoms with Crippen LogP contribution in [0.25, 0.3) is 16.9 Å². The lowest BCUT2D eigenvalue weighted by Gasteiger charge is -2.10. The second-order valence-electron chi connectivity index (χ2n) is 5.48. The van der Waals surface area contributed by atoms with Gasteiger partial charge in [-0.05, 0) is 42.8 Å². The number of hydrogen-bond acceptors (Lipinski definition) is 3. The fraction of sp³-hybridized carbons (Fsp3) is 0.118. The molecular formula is C17H14Cl2N2O2S. The van der Waals surface area contributed by atoms with Gasteiger partial charge >= 0.3 is 0 Å². The molecule has 0 aliphatic heterocycles. The van der Waals surface area contributed by atoms with Gasteiger partial charge in [-0.2, -0.15) is 0 Å². The highest BCUT2D eigenvalue weighted by Crippen LogP contribution is 2.32. The molecule has 0 spiro atoms. The van der Waals surface area contributed by atoms with Gasteiger partial charge in [-0.1, -0.05) is 35.3 Å². The number of nitrogens with zero attached hydrogens (tertiary/aromatic N) is 2. The summed E-state index contributed by atoms with van der Waals surface area (Å²) >= 11 is 12.5. The summed E-state index contributed by atoms with van der Waals surface area (Å²) in [5.74, 6) is 0. The molecule has 0 unspecified atom stereocenters. The van der Waals surface area contributed by atoms with Gasteiger partial charge in [-0.3, -0.25) is 4.57 Å². The molecule has 124 valence electrons. The molecule has 7 heteroatoms. The van der Waals surface area contributed by atoms with E-state index in [-0.39, 0.29) is 4.90 Å². The van der Waals surface area contributed by atoms with Crippen LogP contribution in [-0.4, -0.2) is 24.2 Å². The van der Waals surface area contributed by atoms with Crippen molar-refractivity contribution >= 4 is 33.0 Å². The number of imidazole rings is 1. The molecule has 0 saturated carbocycles. The van der Waals surface area contributed by atoms with Crippen molar-refractivity contribution in [3.63, 3.8) is 0 Å². The molecule has 1 aromatic heterocycles. The minimum Gasteiger partial charge on any atom is -0.297 e. The predicted molar refractivity (Wildman–Crippen MR) is 96.9 cm³/mol. The van der Waals surface area contributed by atoms with E-state index < -0.39 is 9.84 Å². The topological polar surface area (TPSA) is 52.0 Å². The largest absolute Gasteiger partial charge is 0.297 e. The predicted octanol–water partition coefficient (Wildman–Crippen LogP) is 4.56. The van der Waals surface area contributed by atoms with Crippen molar-refractivity contribution in [2.45, 2.75) is 11.8 Å². The van der Waals surface area contributed by atoms with Crippen LogP contribution in [0, 0.1) is 6.92 Å². The Labute approximate surface area is 150 Å². The van der Waals surface area contributed by atoms with E-state index in [2.05, 4.69) is 4.98 Å². The lowest BCUT2D eigenvalue weighted by molar-refractivity contribution is 0.602. The summed E-state index contributed by atoms with van der Waals surface area (Å²) in [5.41, 5.74) is 3.26. The van der Waals surface area contributed by atoms with Gasteiger partial charge in [-0.15, -0.1) is 0 Å². The maximum Gasteiger partial charge on any atom is 0.175 e. The molecular weight excluding hydrogens is 367 g/mol. The lowest BCUT2D eigenvalue weighted by atomic mass is 10.1. The third-order valence-electron chi connectivity index (χ3n) is 3.71. The maximum absolute atomic E-state index is 11.6. The van der Waals surface area contributed by atoms with Crippen LogP contribution in [0.2, 0.25) is 10.2 Å². The zero-order chi connectivity index (χ0) is 17.5. The SMILES string of the molecule is Cc1ccc(-c2c(Cl)ncn2-c2ccc(S(C)(=O)=O)cc2)cc1Cl. The summed E-state index contributed by atoms with van der Waals surface area (Å²) in [6, 6.07) is 12.2. The first-order chi connectivity index (χ1) is 11.3. The highest BCUT2D eigenvalue weighted by molar-refractivity contribution is 7.90. The molecule has 0 fully saturated rings. The quantitative estimate of drug-likeness (QED) is 0.669. The monoisotopic (exact) mass is 380 g/mol. The van der Waals surface area contributed by atoms with Crippen molar-refractivity contribution in [1.29, 1.82) is 0 Å². The summed E-state index contributed by atoms with van der Waals surface area (Å²) in [6.45, 7) is 1.93. The Morgan fingerprint density at radius 3 is 2.29 bits per heavy atom. The minimum atomic E-state index is -3.24. The first-order valence-corrected chi connectivity index (χ1v) is 9.72. The molecule has 3 aromatic rings. The van der Waals surface area contributed by atoms with Crippen LogP contribution in [-0.2, 0) is 9.84 Å². The number of rotatable bonds is 3. The van der Waals surface area contributed by atoms with Gasteiger partial charge in [0.25, 0.3) is 0 Å². The Bertz CT molecular complexity index is 1010. The van der Waals surface area contributed by atoms with Gasteiger partial charge in [0.15, 0.2) is 15.0 Å². The summed E-state index contributed by atoms with van der Waals surface area (Å²) in [4.78, 5) is 4.42. The molecule has 24 heavy (non-hydrogen) atoms. The summed E-state index contributed by atoms with van der Waals surface area (Å²) in [6.07, 6.45) is 2.77. The number of hydrogen-bond donors (Lipinski definition) is 0. The highest BCUT2D eigenvalue weighted by Gasteiger charge is 2.15. The van der Waals surface area contributed by atoms with Crippen LogP contribution in [0.15, 0.2) is 53.7 Å². The van der Waals surface area contributed by atoms with E-state index >= 15 is 0 Å². The molecule has 0 aliphatic carbocycles. The van der Waals surface area contributed by atoms with E-state index in [1.54, 1.807) is 35.2 Å². The lowest BCUT2D eigenvalue weighted by Crippen LogP contribution is -1.99. The number of aryl methyl sites for hydroxylation is 1. The van der Waals surface area contributed by atoms with Crippen molar-refractivity contribution in [3.8, 4) is 16.9 Å². The fourth-order valence-electron chi connectivity index (χ4n) is 2.37. The van der Waals surface area contributed by atoms with Crippen molar-refractivity contribution < 1.29 is 8.42 Å². The number of benzene rings is 2. The van der Waals surface area contributed by atoms with E-state index in [1.165, 1.54) is 6.26 Å². The molecule has 0 amide bonds. The number of aromatic nitrogens is 2. The van der Waals surface area contributed by atoms with Crippen molar-refractivity contribution in [2.24, 2.45) is 0 Å². The number of halogens is 2. The Hall–Kier alpha value is -1.82. The van der Waals surface area contributed by atoms with Gasteiger partial charge in [0.05, 0.1) is 10.6 Å². The van der Waals surface area contributed by atoms with Crippen LogP contribution in [0.1, 0.15) is 5.56 Å². The third kappa shape index (κ3) is 3.20. The van der Waals surface area contributed by atoms with E-state index in [0.717, 1.165) is 16.8 Å². The standard InChI is InChI=1S/C17H14Cl2N2O2S/c1-11-3-4-12(9-15(11)18)16-17(19)20-10-21(16)13-5-7-14(8-6-13)24(2,22)23/h3-10H,1-2H3. The van der Waals surface area contributed by atoms with Gasteiger partial charge < -0.3 is 0 Å². The van der Waals surface area contributed by atoms with Gasteiger partial charge in [-0.25, -0.2) is 13.4 Å². The zero-order valence-corrected chi connectivity index (χ0v) is 15.3. The second kappa shape index (κ2) is 6.24. The fourth-order valence-corrected chi connectivity index (χ4v) is 3.43. The number of sulfone groups is 1. The molecule has 1 heterocycles. The van der Waals surface area contributed by atoms with Crippen LogP contribution >= 0.6 is 23.2 Å². The molecule has 0 radical (unpaired) electrons. The smallest absolute Gasteiger partial charge is 0.175 e. The molecule has 4 nitrogen and oxygen atoms in total. The van der Waals surface area contributed by atoms with Crippen LogP contribution in [0.5, 0.6) is 0 Å². The second-order valence-corrected chi connectivity index (χ2v) is 8.26. The Morgan fingerprint density at radius 1 is 1.04 bits per heavy atom. The third-order valence-corrected chi connectivity index (χ3v) is 5.52. The molecule has 0 N–H and O–H groups in total. The normalized spacial score (nSPS) is 11.7. The highest BCUT2D eigenvalue weighted by atomic mass is 35.5. The van der Waals surface area contributed by atoms with Gasteiger partial charge in [0.2, 0.25) is 0 Å². The van der Waals surface area contributed by atoms with Crippen LogP contribution < -0.4 is 0 Å². The van der Waals surface area contributed by atoms with E-state index in [1.807, 2.05) is 25.1 Å². The van der Waals surface area contributed by atoms with E-state index in [9.17, 15) is 8.42 Å². The van der Waals surface area contributed by atoms with Crippen LogP contribution in [0.3, 0.4) is 0 Å². The van der Waals surface area contributed by atoms with Crippen molar-refractivity contribution in [3.05, 3.63) is 64.5 Å². The van der Waals surface area contributed by atoms with Crippen LogP contribution in [0.4, 0.5) is 0 Å². The Kier molecular flexibility index (Phi) is 4.42. The first kappa shape index (κ1) is 17.0. The Morgan fingerprint density at radius 2 is 1.71 bits per heavy atom. The average molecular weight is 381 g/mol. The summed E-state index contributed by atoms with van der Waals surface area (Å²) in [5, 5.41) is 0.992. The van der Waals surface area contributed by atoms with Gasteiger partial charge in [0.1, 0.15) is 6.33 Å².